The first-order valence-corrected chi connectivity index (χ1v) is 8.12. The van der Waals surface area contributed by atoms with Crippen LogP contribution in [0.4, 0.5) is 0 Å². The van der Waals surface area contributed by atoms with Crippen LogP contribution in [0.2, 0.25) is 0 Å². The summed E-state index contributed by atoms with van der Waals surface area (Å²) < 4.78 is 0. The van der Waals surface area contributed by atoms with Gasteiger partial charge in [-0.1, -0.05) is 57.4 Å². The molecule has 3 N–H and O–H groups in total. The Balaban J connectivity index is 2.30. The van der Waals surface area contributed by atoms with Gasteiger partial charge in [-0.3, -0.25) is 0 Å². The van der Waals surface area contributed by atoms with Crippen LogP contribution in [0.25, 0.3) is 0 Å². The fraction of sp³-hybridized carbons (Fsp3) is 0.667. The van der Waals surface area contributed by atoms with E-state index in [4.69, 9.17) is 5.73 Å². The van der Waals surface area contributed by atoms with E-state index in [0.717, 1.165) is 30.7 Å². The van der Waals surface area contributed by atoms with Crippen molar-refractivity contribution >= 4 is 0 Å². The summed E-state index contributed by atoms with van der Waals surface area (Å²) in [5, 5.41) is 11.0. The molecule has 1 fully saturated rings. The highest BCUT2D eigenvalue weighted by Gasteiger charge is 2.41. The van der Waals surface area contributed by atoms with Crippen LogP contribution in [-0.4, -0.2) is 11.7 Å². The Labute approximate surface area is 123 Å². The molecule has 1 aliphatic rings. The molecule has 2 nitrogen and oxygen atoms in total. The third-order valence-corrected chi connectivity index (χ3v) is 5.28. The van der Waals surface area contributed by atoms with E-state index in [-0.39, 0.29) is 5.41 Å². The topological polar surface area (TPSA) is 46.2 Å². The molecule has 1 aliphatic carbocycles. The lowest BCUT2D eigenvalue weighted by atomic mass is 9.64. The molecule has 0 aromatic heterocycles. The molecule has 3 atom stereocenters. The van der Waals surface area contributed by atoms with Gasteiger partial charge in [0, 0.05) is 12.0 Å². The van der Waals surface area contributed by atoms with Gasteiger partial charge in [-0.25, -0.2) is 0 Å². The van der Waals surface area contributed by atoms with Gasteiger partial charge in [-0.15, -0.1) is 0 Å². The van der Waals surface area contributed by atoms with E-state index < -0.39 is 6.10 Å². The lowest BCUT2D eigenvalue weighted by molar-refractivity contribution is -0.0166. The van der Waals surface area contributed by atoms with E-state index in [1.807, 2.05) is 6.07 Å². The zero-order valence-corrected chi connectivity index (χ0v) is 12.9. The summed E-state index contributed by atoms with van der Waals surface area (Å²) in [5.41, 5.74) is 8.35. The zero-order valence-electron chi connectivity index (χ0n) is 12.9. The quantitative estimate of drug-likeness (QED) is 0.858. The Morgan fingerprint density at radius 1 is 1.35 bits per heavy atom. The SMILES string of the molecule is CCc1ccccc1C(O)C1(CN)CCCC(CC)C1. The van der Waals surface area contributed by atoms with Crippen LogP contribution in [0, 0.1) is 11.3 Å². The molecular formula is C18H29NO. The molecule has 1 saturated carbocycles. The lowest BCUT2D eigenvalue weighted by Gasteiger charge is -2.44. The average molecular weight is 275 g/mol. The van der Waals surface area contributed by atoms with Crippen molar-refractivity contribution in [3.8, 4) is 0 Å². The van der Waals surface area contributed by atoms with Crippen molar-refractivity contribution in [2.24, 2.45) is 17.1 Å². The number of rotatable bonds is 5. The summed E-state index contributed by atoms with van der Waals surface area (Å²) in [7, 11) is 0. The van der Waals surface area contributed by atoms with Crippen molar-refractivity contribution in [1.82, 2.24) is 0 Å². The van der Waals surface area contributed by atoms with Crippen molar-refractivity contribution in [3.63, 3.8) is 0 Å². The van der Waals surface area contributed by atoms with Gasteiger partial charge >= 0.3 is 0 Å². The first-order chi connectivity index (χ1) is 9.66. The second kappa shape index (κ2) is 6.73. The van der Waals surface area contributed by atoms with Crippen LogP contribution < -0.4 is 5.73 Å². The van der Waals surface area contributed by atoms with Gasteiger partial charge in [0.2, 0.25) is 0 Å². The first-order valence-electron chi connectivity index (χ1n) is 8.12. The minimum absolute atomic E-state index is 0.121. The molecule has 3 unspecified atom stereocenters. The monoisotopic (exact) mass is 275 g/mol. The number of nitrogens with two attached hydrogens (primary N) is 1. The normalized spacial score (nSPS) is 28.3. The molecule has 0 amide bonds. The molecule has 20 heavy (non-hydrogen) atoms. The maximum absolute atomic E-state index is 11.0. The smallest absolute Gasteiger partial charge is 0.0861 e. The lowest BCUT2D eigenvalue weighted by Crippen LogP contribution is -2.41. The number of hydrogen-bond donors (Lipinski definition) is 2. The van der Waals surface area contributed by atoms with Crippen molar-refractivity contribution in [1.29, 1.82) is 0 Å². The Morgan fingerprint density at radius 2 is 2.10 bits per heavy atom. The Bertz CT molecular complexity index is 431. The predicted molar refractivity (Wildman–Crippen MR) is 84.5 cm³/mol. The van der Waals surface area contributed by atoms with Gasteiger partial charge in [0.05, 0.1) is 6.10 Å². The molecule has 0 aliphatic heterocycles. The molecule has 1 aromatic carbocycles. The molecular weight excluding hydrogens is 246 g/mol. The third kappa shape index (κ3) is 2.91. The van der Waals surface area contributed by atoms with Crippen LogP contribution in [0.15, 0.2) is 24.3 Å². The minimum atomic E-state index is -0.419. The van der Waals surface area contributed by atoms with Gasteiger partial charge in [0.25, 0.3) is 0 Å². The number of hydrogen-bond acceptors (Lipinski definition) is 2. The molecule has 0 saturated heterocycles. The first kappa shape index (κ1) is 15.5. The summed E-state index contributed by atoms with van der Waals surface area (Å²) in [6.07, 6.45) is 6.35. The second-order valence-corrected chi connectivity index (χ2v) is 6.39. The maximum atomic E-state index is 11.0. The van der Waals surface area contributed by atoms with Gasteiger partial charge in [0.1, 0.15) is 0 Å². The molecule has 2 rings (SSSR count). The number of aliphatic hydroxyl groups is 1. The van der Waals surface area contributed by atoms with Crippen molar-refractivity contribution in [2.45, 2.75) is 58.5 Å². The van der Waals surface area contributed by atoms with Crippen LogP contribution in [0.3, 0.4) is 0 Å². The Hall–Kier alpha value is -0.860. The summed E-state index contributed by atoms with van der Waals surface area (Å²) >= 11 is 0. The van der Waals surface area contributed by atoms with E-state index in [9.17, 15) is 5.11 Å². The highest BCUT2D eigenvalue weighted by molar-refractivity contribution is 5.30. The zero-order chi connectivity index (χ0) is 14.6. The summed E-state index contributed by atoms with van der Waals surface area (Å²) in [5.74, 6) is 0.718. The molecule has 112 valence electrons. The van der Waals surface area contributed by atoms with Crippen molar-refractivity contribution < 1.29 is 5.11 Å². The van der Waals surface area contributed by atoms with Gasteiger partial charge in [0.15, 0.2) is 0 Å². The van der Waals surface area contributed by atoms with Gasteiger partial charge < -0.3 is 10.8 Å². The standard InChI is InChI=1S/C18H29NO/c1-3-14-8-7-11-18(12-14,13-19)17(20)16-10-6-5-9-15(16)4-2/h5-6,9-10,14,17,20H,3-4,7-8,11-13,19H2,1-2H3. The Morgan fingerprint density at radius 3 is 2.75 bits per heavy atom. The highest BCUT2D eigenvalue weighted by Crippen LogP contribution is 2.48. The summed E-state index contributed by atoms with van der Waals surface area (Å²) in [6.45, 7) is 4.99. The minimum Gasteiger partial charge on any atom is -0.388 e. The summed E-state index contributed by atoms with van der Waals surface area (Å²) in [6, 6.07) is 8.29. The molecule has 1 aromatic rings. The van der Waals surface area contributed by atoms with E-state index in [2.05, 4.69) is 32.0 Å². The van der Waals surface area contributed by atoms with Crippen LogP contribution >= 0.6 is 0 Å². The van der Waals surface area contributed by atoms with Crippen molar-refractivity contribution in [2.75, 3.05) is 6.54 Å². The number of aryl methyl sites for hydroxylation is 1. The van der Waals surface area contributed by atoms with Crippen LogP contribution in [0.1, 0.15) is 63.2 Å². The average Bonchev–Trinajstić information content (AvgIpc) is 2.53. The predicted octanol–water partition coefficient (Wildman–Crippen LogP) is 3.83. The fourth-order valence-electron chi connectivity index (χ4n) is 3.87. The fourth-order valence-corrected chi connectivity index (χ4v) is 3.87. The number of benzene rings is 1. The highest BCUT2D eigenvalue weighted by atomic mass is 16.3. The molecule has 0 bridgehead atoms. The molecule has 2 heteroatoms. The number of aliphatic hydroxyl groups excluding tert-OH is 1. The van der Waals surface area contributed by atoms with Gasteiger partial charge in [-0.05, 0) is 36.3 Å². The van der Waals surface area contributed by atoms with E-state index in [0.29, 0.717) is 6.54 Å². The Kier molecular flexibility index (Phi) is 5.22. The largest absolute Gasteiger partial charge is 0.388 e. The van der Waals surface area contributed by atoms with Crippen LogP contribution in [0.5, 0.6) is 0 Å². The van der Waals surface area contributed by atoms with Gasteiger partial charge in [-0.2, -0.15) is 0 Å². The second-order valence-electron chi connectivity index (χ2n) is 6.39. The third-order valence-electron chi connectivity index (χ3n) is 5.28. The maximum Gasteiger partial charge on any atom is 0.0861 e. The molecule has 0 radical (unpaired) electrons. The van der Waals surface area contributed by atoms with E-state index in [1.165, 1.54) is 24.8 Å². The summed E-state index contributed by atoms with van der Waals surface area (Å²) in [4.78, 5) is 0. The van der Waals surface area contributed by atoms with E-state index >= 15 is 0 Å². The van der Waals surface area contributed by atoms with E-state index in [1.54, 1.807) is 0 Å². The molecule has 0 heterocycles. The van der Waals surface area contributed by atoms with Crippen LogP contribution in [-0.2, 0) is 6.42 Å². The van der Waals surface area contributed by atoms with Crippen molar-refractivity contribution in [3.05, 3.63) is 35.4 Å². The molecule has 0 spiro atoms.